The van der Waals surface area contributed by atoms with Crippen LogP contribution in [0.2, 0.25) is 0 Å². The normalized spacial score (nSPS) is 36.0. The van der Waals surface area contributed by atoms with Crippen molar-refractivity contribution in [2.75, 3.05) is 0 Å². The quantitative estimate of drug-likeness (QED) is 0.643. The van der Waals surface area contributed by atoms with Gasteiger partial charge in [0.05, 0.1) is 8.23 Å². The molecule has 0 saturated heterocycles. The molecule has 1 saturated carbocycles. The van der Waals surface area contributed by atoms with Gasteiger partial charge in [0.1, 0.15) is 0 Å². The second-order valence-electron chi connectivity index (χ2n) is 5.01. The predicted molar refractivity (Wildman–Crippen MR) is 77.0 cm³/mol. The molecule has 1 aliphatic carbocycles. The third-order valence-corrected chi connectivity index (χ3v) is 6.44. The summed E-state index contributed by atoms with van der Waals surface area (Å²) in [5.41, 5.74) is 1.98. The van der Waals surface area contributed by atoms with Crippen molar-refractivity contribution >= 4 is 26.7 Å². The molecular formula is C11H24FP3. The van der Waals surface area contributed by atoms with Gasteiger partial charge in [-0.3, -0.25) is 0 Å². The molecule has 1 fully saturated rings. The van der Waals surface area contributed by atoms with E-state index in [1.54, 1.807) is 0 Å². The first kappa shape index (κ1) is 14.3. The number of hydrogen-bond acceptors (Lipinski definition) is 0. The summed E-state index contributed by atoms with van der Waals surface area (Å²) >= 11 is 0. The van der Waals surface area contributed by atoms with E-state index in [1.807, 2.05) is 13.8 Å². The van der Waals surface area contributed by atoms with E-state index >= 15 is 0 Å². The summed E-state index contributed by atoms with van der Waals surface area (Å²) in [5.74, 6) is 0. The summed E-state index contributed by atoms with van der Waals surface area (Å²) < 4.78 is 14.0. The van der Waals surface area contributed by atoms with Crippen molar-refractivity contribution in [1.82, 2.24) is 0 Å². The first-order valence-corrected chi connectivity index (χ1v) is 8.66. The second kappa shape index (κ2) is 6.83. The lowest BCUT2D eigenvalue weighted by Gasteiger charge is -2.30. The van der Waals surface area contributed by atoms with Gasteiger partial charge in [0.15, 0.2) is 0 Å². The van der Waals surface area contributed by atoms with Crippen molar-refractivity contribution in [2.24, 2.45) is 0 Å². The first-order chi connectivity index (χ1) is 7.00. The Morgan fingerprint density at radius 3 is 2.40 bits per heavy atom. The highest BCUT2D eigenvalue weighted by Gasteiger charge is 2.28. The van der Waals surface area contributed by atoms with E-state index in [4.69, 9.17) is 0 Å². The molecule has 6 unspecified atom stereocenters. The maximum atomic E-state index is 14.0. The van der Waals surface area contributed by atoms with Crippen LogP contribution in [0.5, 0.6) is 0 Å². The van der Waals surface area contributed by atoms with Gasteiger partial charge in [0.25, 0.3) is 0 Å². The summed E-state index contributed by atoms with van der Waals surface area (Å²) in [6, 6.07) is 0. The molecule has 0 heterocycles. The largest absolute Gasteiger partial charge is 0.227 e. The minimum Gasteiger partial charge on any atom is -0.227 e. The Hall–Kier alpha value is 1.22. The van der Waals surface area contributed by atoms with Gasteiger partial charge in [-0.25, -0.2) is 4.20 Å². The Balaban J connectivity index is 2.51. The number of rotatable bonds is 2. The average Bonchev–Trinajstić information content (AvgIpc) is 2.12. The van der Waals surface area contributed by atoms with Crippen LogP contribution in [0, 0.1) is 0 Å². The zero-order valence-electron chi connectivity index (χ0n) is 9.82. The highest BCUT2D eigenvalue weighted by Crippen LogP contribution is 2.52. The molecule has 0 aromatic heterocycles. The van der Waals surface area contributed by atoms with Crippen LogP contribution in [0.3, 0.4) is 0 Å². The lowest BCUT2D eigenvalue weighted by molar-refractivity contribution is 0.517. The molecule has 0 aromatic rings. The van der Waals surface area contributed by atoms with Gasteiger partial charge in [-0.05, 0) is 37.0 Å². The van der Waals surface area contributed by atoms with E-state index in [0.29, 0.717) is 11.3 Å². The van der Waals surface area contributed by atoms with Crippen molar-refractivity contribution in [3.63, 3.8) is 0 Å². The van der Waals surface area contributed by atoms with Crippen LogP contribution in [0.1, 0.15) is 46.0 Å². The van der Waals surface area contributed by atoms with Gasteiger partial charge >= 0.3 is 0 Å². The Kier molecular flexibility index (Phi) is 6.51. The molecular weight excluding hydrogens is 244 g/mol. The van der Waals surface area contributed by atoms with Gasteiger partial charge in [-0.2, -0.15) is 0 Å². The molecule has 6 atom stereocenters. The summed E-state index contributed by atoms with van der Waals surface area (Å²) in [6.45, 7) is 4.06. The fraction of sp³-hybridized carbons (Fsp3) is 1.00. The summed E-state index contributed by atoms with van der Waals surface area (Å²) in [6.07, 6.45) is 5.89. The Bertz CT molecular complexity index is 187. The van der Waals surface area contributed by atoms with Crippen molar-refractivity contribution in [2.45, 2.75) is 68.6 Å². The lowest BCUT2D eigenvalue weighted by atomic mass is 9.99. The minimum atomic E-state index is -1.25. The van der Waals surface area contributed by atoms with Gasteiger partial charge < -0.3 is 0 Å². The van der Waals surface area contributed by atoms with Crippen LogP contribution < -0.4 is 0 Å². The molecule has 0 N–H and O–H groups in total. The maximum absolute atomic E-state index is 14.0. The van der Waals surface area contributed by atoms with E-state index in [-0.39, 0.29) is 5.66 Å². The van der Waals surface area contributed by atoms with Gasteiger partial charge in [-0.15, -0.1) is 18.5 Å². The van der Waals surface area contributed by atoms with E-state index in [2.05, 4.69) is 18.5 Å². The molecule has 0 spiro atoms. The summed E-state index contributed by atoms with van der Waals surface area (Å²) in [7, 11) is 4.61. The first-order valence-electron chi connectivity index (χ1n) is 5.96. The standard InChI is InChI=1S/C11H24FP3/c1-8(2)15(12)11-5-3-4-9(13)6-10(14)7-11/h8-11H,3-7,13-14H2,1-2H3. The van der Waals surface area contributed by atoms with E-state index < -0.39 is 8.23 Å². The van der Waals surface area contributed by atoms with Crippen molar-refractivity contribution < 1.29 is 4.20 Å². The molecule has 0 bridgehead atoms. The van der Waals surface area contributed by atoms with Gasteiger partial charge in [0.2, 0.25) is 0 Å². The van der Waals surface area contributed by atoms with E-state index in [1.165, 1.54) is 19.3 Å². The van der Waals surface area contributed by atoms with Crippen LogP contribution in [-0.4, -0.2) is 22.6 Å². The molecule has 1 rings (SSSR count). The minimum absolute atomic E-state index is 0.244. The van der Waals surface area contributed by atoms with Crippen molar-refractivity contribution in [3.05, 3.63) is 0 Å². The zero-order valence-corrected chi connectivity index (χ0v) is 13.0. The van der Waals surface area contributed by atoms with Crippen molar-refractivity contribution in [1.29, 1.82) is 0 Å². The van der Waals surface area contributed by atoms with Crippen LogP contribution >= 0.6 is 26.7 Å². The van der Waals surface area contributed by atoms with E-state index in [0.717, 1.165) is 18.5 Å². The molecule has 0 nitrogen and oxygen atoms in total. The highest BCUT2D eigenvalue weighted by molar-refractivity contribution is 7.53. The maximum Gasteiger partial charge on any atom is 0.0871 e. The third-order valence-electron chi connectivity index (χ3n) is 3.13. The zero-order chi connectivity index (χ0) is 11.4. The fourth-order valence-electron chi connectivity index (χ4n) is 2.33. The van der Waals surface area contributed by atoms with Crippen LogP contribution in [0.15, 0.2) is 0 Å². The number of hydrogen-bond donors (Lipinski definition) is 0. The van der Waals surface area contributed by atoms with E-state index in [9.17, 15) is 4.20 Å². The highest BCUT2D eigenvalue weighted by atomic mass is 31.2. The lowest BCUT2D eigenvalue weighted by Crippen LogP contribution is -2.20. The van der Waals surface area contributed by atoms with Gasteiger partial charge in [0, 0.05) is 11.3 Å². The average molecular weight is 268 g/mol. The molecule has 4 heteroatoms. The molecule has 90 valence electrons. The smallest absolute Gasteiger partial charge is 0.0871 e. The predicted octanol–water partition coefficient (Wildman–Crippen LogP) is 4.58. The second-order valence-corrected chi connectivity index (χ2v) is 9.35. The molecule has 0 radical (unpaired) electrons. The summed E-state index contributed by atoms with van der Waals surface area (Å²) in [5, 5.41) is 0. The van der Waals surface area contributed by atoms with Crippen molar-refractivity contribution in [3.8, 4) is 0 Å². The fourth-order valence-corrected chi connectivity index (χ4v) is 5.88. The van der Waals surface area contributed by atoms with Crippen LogP contribution in [0.4, 0.5) is 4.20 Å². The number of halogens is 1. The molecule has 0 amide bonds. The Morgan fingerprint density at radius 2 is 1.80 bits per heavy atom. The molecule has 0 aliphatic heterocycles. The summed E-state index contributed by atoms with van der Waals surface area (Å²) in [4.78, 5) is 0. The Labute approximate surface area is 99.8 Å². The molecule has 1 aliphatic rings. The Morgan fingerprint density at radius 1 is 1.13 bits per heavy atom. The van der Waals surface area contributed by atoms with Crippen LogP contribution in [0.25, 0.3) is 0 Å². The topological polar surface area (TPSA) is 0 Å². The third kappa shape index (κ3) is 4.93. The van der Waals surface area contributed by atoms with Gasteiger partial charge in [-0.1, -0.05) is 20.3 Å². The SMILES string of the molecule is CC(C)P(F)C1CCCC(P)CC(P)C1. The molecule has 15 heavy (non-hydrogen) atoms. The monoisotopic (exact) mass is 268 g/mol. The molecule has 0 aromatic carbocycles. The van der Waals surface area contributed by atoms with Crippen LogP contribution in [-0.2, 0) is 0 Å².